The van der Waals surface area contributed by atoms with Crippen molar-refractivity contribution in [2.24, 2.45) is 12.8 Å². The number of anilines is 1. The number of piperidine rings is 1. The van der Waals surface area contributed by atoms with Crippen LogP contribution < -0.4 is 21.9 Å². The topological polar surface area (TPSA) is 117 Å². The quantitative estimate of drug-likeness (QED) is 0.463. The number of rotatable bonds is 6. The summed E-state index contributed by atoms with van der Waals surface area (Å²) in [4.78, 5) is 42.8. The van der Waals surface area contributed by atoms with Gasteiger partial charge in [-0.05, 0) is 43.5 Å². The first-order valence-electron chi connectivity index (χ1n) is 11.9. The fraction of sp³-hybridized carbons (Fsp3) is 0.458. The van der Waals surface area contributed by atoms with Gasteiger partial charge in [0.25, 0.3) is 5.56 Å². The largest absolute Gasteiger partial charge is 0.341 e. The third kappa shape index (κ3) is 3.87. The average Bonchev–Trinajstić information content (AvgIpc) is 3.23. The van der Waals surface area contributed by atoms with Gasteiger partial charge in [-0.25, -0.2) is 9.78 Å². The predicted octanol–water partition coefficient (Wildman–Crippen LogP) is 1.62. The highest BCUT2D eigenvalue weighted by atomic mass is 16.2. The van der Waals surface area contributed by atoms with E-state index in [2.05, 4.69) is 21.8 Å². The van der Waals surface area contributed by atoms with E-state index >= 15 is 0 Å². The Balaban J connectivity index is 1.65. The summed E-state index contributed by atoms with van der Waals surface area (Å²) in [5, 5.41) is 0. The highest BCUT2D eigenvalue weighted by Crippen LogP contribution is 2.23. The van der Waals surface area contributed by atoms with E-state index in [4.69, 9.17) is 10.7 Å². The minimum absolute atomic E-state index is 0.0714. The van der Waals surface area contributed by atoms with E-state index in [0.29, 0.717) is 29.9 Å². The van der Waals surface area contributed by atoms with E-state index in [9.17, 15) is 9.59 Å². The van der Waals surface area contributed by atoms with Crippen molar-refractivity contribution < 1.29 is 0 Å². The monoisotopic (exact) mass is 462 g/mol. The zero-order valence-corrected chi connectivity index (χ0v) is 19.6. The van der Waals surface area contributed by atoms with E-state index in [1.807, 2.05) is 22.8 Å². The maximum atomic E-state index is 13.7. The lowest BCUT2D eigenvalue weighted by molar-refractivity contribution is 0.491. The number of fused-ring (bicyclic) bond motifs is 2. The SMILES string of the molecule is CCCCn1c(N2CCC[C@@H](N)C2)nc2c1c(=O)n(Cc1ccc3ncccc3n1)c(=O)n2C. The Labute approximate surface area is 196 Å². The Morgan fingerprint density at radius 2 is 1.97 bits per heavy atom. The molecule has 5 heterocycles. The van der Waals surface area contributed by atoms with Crippen LogP contribution in [-0.2, 0) is 20.1 Å². The summed E-state index contributed by atoms with van der Waals surface area (Å²) >= 11 is 0. The number of imidazole rings is 1. The summed E-state index contributed by atoms with van der Waals surface area (Å²) in [6.45, 7) is 4.37. The Morgan fingerprint density at radius 1 is 1.12 bits per heavy atom. The molecule has 4 aromatic heterocycles. The molecule has 0 spiro atoms. The molecule has 1 aliphatic rings. The Morgan fingerprint density at radius 3 is 2.76 bits per heavy atom. The second-order valence-electron chi connectivity index (χ2n) is 9.01. The van der Waals surface area contributed by atoms with Crippen LogP contribution >= 0.6 is 0 Å². The van der Waals surface area contributed by atoms with Crippen LogP contribution in [0.5, 0.6) is 0 Å². The van der Waals surface area contributed by atoms with Gasteiger partial charge >= 0.3 is 5.69 Å². The van der Waals surface area contributed by atoms with E-state index < -0.39 is 5.69 Å². The zero-order valence-electron chi connectivity index (χ0n) is 19.6. The highest BCUT2D eigenvalue weighted by molar-refractivity contribution is 5.75. The van der Waals surface area contributed by atoms with E-state index in [-0.39, 0.29) is 18.1 Å². The van der Waals surface area contributed by atoms with Crippen molar-refractivity contribution in [3.05, 3.63) is 57.0 Å². The summed E-state index contributed by atoms with van der Waals surface area (Å²) in [5.74, 6) is 0.721. The molecule has 0 saturated carbocycles. The molecule has 0 amide bonds. The van der Waals surface area contributed by atoms with Crippen molar-refractivity contribution >= 4 is 28.1 Å². The standard InChI is InChI=1S/C24H30N8O2/c1-3-4-13-31-20-21(28-23(31)30-12-6-7-16(25)14-30)29(2)24(34)32(22(20)33)15-17-9-10-18-19(27-17)8-5-11-26-18/h5,8-11,16H,3-4,6-7,12-15,25H2,1-2H3/t16-/m1/s1. The van der Waals surface area contributed by atoms with Crippen LogP contribution in [0.4, 0.5) is 5.95 Å². The lowest BCUT2D eigenvalue weighted by Gasteiger charge is -2.31. The van der Waals surface area contributed by atoms with Crippen molar-refractivity contribution in [1.82, 2.24) is 28.7 Å². The average molecular weight is 463 g/mol. The second kappa shape index (κ2) is 9.02. The molecule has 0 radical (unpaired) electrons. The molecule has 4 aromatic rings. The fourth-order valence-corrected chi connectivity index (χ4v) is 4.71. The summed E-state index contributed by atoms with van der Waals surface area (Å²) < 4.78 is 4.70. The van der Waals surface area contributed by atoms with Crippen LogP contribution in [0.3, 0.4) is 0 Å². The minimum atomic E-state index is -0.410. The van der Waals surface area contributed by atoms with Crippen molar-refractivity contribution in [2.45, 2.75) is 51.7 Å². The number of aromatic nitrogens is 6. The predicted molar refractivity (Wildman–Crippen MR) is 132 cm³/mol. The van der Waals surface area contributed by atoms with Gasteiger partial charge in [0, 0.05) is 38.9 Å². The maximum Gasteiger partial charge on any atom is 0.332 e. The van der Waals surface area contributed by atoms with Gasteiger partial charge in [-0.1, -0.05) is 13.3 Å². The number of pyridine rings is 2. The molecule has 0 bridgehead atoms. The van der Waals surface area contributed by atoms with Gasteiger partial charge < -0.3 is 15.2 Å². The van der Waals surface area contributed by atoms with Crippen molar-refractivity contribution in [3.8, 4) is 0 Å². The van der Waals surface area contributed by atoms with Crippen LogP contribution in [0.2, 0.25) is 0 Å². The van der Waals surface area contributed by atoms with Gasteiger partial charge in [-0.15, -0.1) is 0 Å². The molecule has 178 valence electrons. The van der Waals surface area contributed by atoms with Gasteiger partial charge in [0.05, 0.1) is 23.3 Å². The van der Waals surface area contributed by atoms with Crippen molar-refractivity contribution in [3.63, 3.8) is 0 Å². The first-order chi connectivity index (χ1) is 16.5. The second-order valence-corrected chi connectivity index (χ2v) is 9.01. The summed E-state index contributed by atoms with van der Waals surface area (Å²) in [6, 6.07) is 7.42. The molecular weight excluding hydrogens is 432 g/mol. The Bertz CT molecular complexity index is 1470. The molecule has 0 unspecified atom stereocenters. The first kappa shape index (κ1) is 22.3. The van der Waals surface area contributed by atoms with Gasteiger partial charge in [-0.2, -0.15) is 4.98 Å². The van der Waals surface area contributed by atoms with Crippen LogP contribution in [0.15, 0.2) is 40.1 Å². The fourth-order valence-electron chi connectivity index (χ4n) is 4.71. The summed E-state index contributed by atoms with van der Waals surface area (Å²) in [6.07, 6.45) is 5.55. The van der Waals surface area contributed by atoms with Crippen LogP contribution in [0, 0.1) is 0 Å². The molecule has 5 rings (SSSR count). The summed E-state index contributed by atoms with van der Waals surface area (Å²) in [7, 11) is 1.67. The molecule has 0 aliphatic carbocycles. The number of hydrogen-bond acceptors (Lipinski definition) is 7. The van der Waals surface area contributed by atoms with E-state index in [1.165, 1.54) is 9.13 Å². The number of nitrogens with two attached hydrogens (primary N) is 1. The molecule has 1 aliphatic heterocycles. The number of aryl methyl sites for hydroxylation is 2. The molecule has 0 aromatic carbocycles. The lowest BCUT2D eigenvalue weighted by Crippen LogP contribution is -2.44. The van der Waals surface area contributed by atoms with Crippen LogP contribution in [-0.4, -0.2) is 47.8 Å². The maximum absolute atomic E-state index is 13.7. The summed E-state index contributed by atoms with van der Waals surface area (Å²) in [5.41, 5.74) is 8.45. The van der Waals surface area contributed by atoms with Crippen LogP contribution in [0.1, 0.15) is 38.3 Å². The zero-order chi connectivity index (χ0) is 23.8. The lowest BCUT2D eigenvalue weighted by atomic mass is 10.1. The van der Waals surface area contributed by atoms with Gasteiger partial charge in [0.2, 0.25) is 5.95 Å². The first-order valence-corrected chi connectivity index (χ1v) is 11.9. The smallest absolute Gasteiger partial charge is 0.332 e. The molecule has 1 fully saturated rings. The van der Waals surface area contributed by atoms with Crippen molar-refractivity contribution in [1.29, 1.82) is 0 Å². The van der Waals surface area contributed by atoms with E-state index in [1.54, 1.807) is 19.3 Å². The normalized spacial score (nSPS) is 16.6. The van der Waals surface area contributed by atoms with E-state index in [0.717, 1.165) is 49.2 Å². The third-order valence-corrected chi connectivity index (χ3v) is 6.52. The van der Waals surface area contributed by atoms with Gasteiger partial charge in [0.1, 0.15) is 0 Å². The highest BCUT2D eigenvalue weighted by Gasteiger charge is 2.26. The third-order valence-electron chi connectivity index (χ3n) is 6.52. The molecule has 2 N–H and O–H groups in total. The molecular formula is C24H30N8O2. The number of unbranched alkanes of at least 4 members (excludes halogenated alkanes) is 1. The van der Waals surface area contributed by atoms with Crippen molar-refractivity contribution in [2.75, 3.05) is 18.0 Å². The number of hydrogen-bond donors (Lipinski definition) is 1. The molecule has 1 atom stereocenters. The Hall–Kier alpha value is -3.53. The molecule has 10 heteroatoms. The van der Waals surface area contributed by atoms with Gasteiger partial charge in [0.15, 0.2) is 11.2 Å². The van der Waals surface area contributed by atoms with Gasteiger partial charge in [-0.3, -0.25) is 18.9 Å². The molecule has 34 heavy (non-hydrogen) atoms. The minimum Gasteiger partial charge on any atom is -0.341 e. The molecule has 1 saturated heterocycles. The number of nitrogens with zero attached hydrogens (tertiary/aromatic N) is 7. The van der Waals surface area contributed by atoms with Crippen LogP contribution in [0.25, 0.3) is 22.2 Å². The molecule has 10 nitrogen and oxygen atoms in total. The Kier molecular flexibility index (Phi) is 5.91.